The minimum absolute atomic E-state index is 0.0334. The summed E-state index contributed by atoms with van der Waals surface area (Å²) in [6, 6.07) is 0.0973. The lowest BCUT2D eigenvalue weighted by Gasteiger charge is -2.64. The highest BCUT2D eigenvalue weighted by molar-refractivity contribution is 5.74. The molecule has 0 aromatic carbocycles. The zero-order valence-corrected chi connectivity index (χ0v) is 27.1. The van der Waals surface area contributed by atoms with Crippen LogP contribution in [0.15, 0.2) is 0 Å². The van der Waals surface area contributed by atoms with Crippen molar-refractivity contribution < 1.29 is 28.6 Å². The fraction of sp³-hybridized carbons (Fsp3) is 0.912. The Morgan fingerprint density at radius 1 is 0.952 bits per heavy atom. The van der Waals surface area contributed by atoms with Crippen molar-refractivity contribution in [2.24, 2.45) is 52.3 Å². The number of rotatable bonds is 3. The number of amides is 2. The number of hydrogen-bond donors (Lipinski definition) is 1. The van der Waals surface area contributed by atoms with Gasteiger partial charge in [-0.1, -0.05) is 27.7 Å². The molecular formula is C34H54N2O6. The summed E-state index contributed by atoms with van der Waals surface area (Å²) >= 11 is 0. The Morgan fingerprint density at radius 2 is 1.67 bits per heavy atom. The van der Waals surface area contributed by atoms with E-state index in [1.54, 1.807) is 27.9 Å². The molecule has 0 bridgehead atoms. The van der Waals surface area contributed by atoms with Gasteiger partial charge in [0.05, 0.1) is 12.1 Å². The molecule has 2 amide bonds. The number of fused-ring (bicyclic) bond motifs is 8. The fourth-order valence-corrected chi connectivity index (χ4v) is 12.2. The summed E-state index contributed by atoms with van der Waals surface area (Å²) in [5.74, 6) is 1.56. The molecule has 8 nitrogen and oxygen atoms in total. The Kier molecular flexibility index (Phi) is 7.56. The molecule has 0 radical (unpaired) electrons. The quantitative estimate of drug-likeness (QED) is 0.471. The van der Waals surface area contributed by atoms with Gasteiger partial charge in [-0.05, 0) is 91.3 Å². The molecule has 42 heavy (non-hydrogen) atoms. The predicted molar refractivity (Wildman–Crippen MR) is 158 cm³/mol. The molecule has 4 saturated carbocycles. The van der Waals surface area contributed by atoms with Crippen molar-refractivity contribution >= 4 is 17.8 Å². The molecule has 1 N–H and O–H groups in total. The number of esters is 1. The summed E-state index contributed by atoms with van der Waals surface area (Å²) in [5.41, 5.74) is 0.201. The van der Waals surface area contributed by atoms with Crippen LogP contribution in [0, 0.1) is 52.3 Å². The molecule has 0 aromatic heterocycles. The van der Waals surface area contributed by atoms with Crippen LogP contribution in [0.5, 0.6) is 0 Å². The highest BCUT2D eigenvalue weighted by Crippen LogP contribution is 2.70. The second-order valence-corrected chi connectivity index (χ2v) is 15.8. The summed E-state index contributed by atoms with van der Waals surface area (Å²) in [6.45, 7) is 15.1. The first-order valence-corrected chi connectivity index (χ1v) is 16.7. The van der Waals surface area contributed by atoms with Crippen LogP contribution in [0.2, 0.25) is 0 Å². The Morgan fingerprint density at radius 3 is 2.31 bits per heavy atom. The number of nitrogens with zero attached hydrogens (tertiary/aromatic N) is 1. The molecule has 8 heteroatoms. The zero-order chi connectivity index (χ0) is 30.4. The van der Waals surface area contributed by atoms with Gasteiger partial charge in [0.15, 0.2) is 5.79 Å². The molecule has 6 fully saturated rings. The van der Waals surface area contributed by atoms with Gasteiger partial charge in [0.25, 0.3) is 0 Å². The first-order chi connectivity index (χ1) is 19.7. The first kappa shape index (κ1) is 30.4. The molecule has 0 aromatic rings. The third kappa shape index (κ3) is 4.47. The van der Waals surface area contributed by atoms with Crippen molar-refractivity contribution in [3.05, 3.63) is 0 Å². The van der Waals surface area contributed by atoms with Crippen molar-refractivity contribution in [2.45, 2.75) is 130 Å². The largest absolute Gasteiger partial charge is 0.462 e. The Bertz CT molecular complexity index is 1110. The van der Waals surface area contributed by atoms with E-state index in [-0.39, 0.29) is 64.7 Å². The standard InChI is InChI=1S/C34H54N2O6/c1-18-16-34(40-8)31(36(17-18)21(4)38)19(2)30-28(42-34)15-26-29-25(10-12-33(26,30)7)32(6)11-9-24(35-20(3)37)13-23(32)14-27(29)41-22(5)39/h18-19,23-31H,9-17H2,1-8H3,(H,35,37)/t18-,19+,23-,24+,25+,26+,27+,28-,29-,30+,31-,32+,33+,34+/m1/s1. The number of carbonyl (C=O) groups excluding carboxylic acids is 3. The predicted octanol–water partition coefficient (Wildman–Crippen LogP) is 4.94. The van der Waals surface area contributed by atoms with Crippen LogP contribution in [0.1, 0.15) is 99.8 Å². The second kappa shape index (κ2) is 10.5. The van der Waals surface area contributed by atoms with E-state index in [0.29, 0.717) is 29.6 Å². The lowest BCUT2D eigenvalue weighted by atomic mass is 9.43. The van der Waals surface area contributed by atoms with Crippen molar-refractivity contribution in [1.82, 2.24) is 10.2 Å². The van der Waals surface area contributed by atoms with Gasteiger partial charge >= 0.3 is 5.97 Å². The molecule has 2 aliphatic heterocycles. The van der Waals surface area contributed by atoms with Gasteiger partial charge in [-0.15, -0.1) is 0 Å². The van der Waals surface area contributed by atoms with Crippen LogP contribution in [-0.4, -0.2) is 66.4 Å². The topological polar surface area (TPSA) is 94.2 Å². The minimum Gasteiger partial charge on any atom is -0.462 e. The van der Waals surface area contributed by atoms with Gasteiger partial charge in [0.2, 0.25) is 11.8 Å². The second-order valence-electron chi connectivity index (χ2n) is 15.8. The van der Waals surface area contributed by atoms with Gasteiger partial charge in [-0.2, -0.15) is 0 Å². The van der Waals surface area contributed by atoms with E-state index in [4.69, 9.17) is 14.2 Å². The molecule has 2 saturated heterocycles. The molecule has 0 spiro atoms. The molecule has 6 aliphatic rings. The lowest BCUT2D eigenvalue weighted by molar-refractivity contribution is -0.339. The van der Waals surface area contributed by atoms with E-state index in [1.807, 2.05) is 4.90 Å². The van der Waals surface area contributed by atoms with E-state index in [1.165, 1.54) is 0 Å². The first-order valence-electron chi connectivity index (χ1n) is 16.7. The number of ether oxygens (including phenoxy) is 3. The van der Waals surface area contributed by atoms with Crippen LogP contribution in [-0.2, 0) is 28.6 Å². The van der Waals surface area contributed by atoms with E-state index in [9.17, 15) is 14.4 Å². The maximum atomic E-state index is 13.0. The highest BCUT2D eigenvalue weighted by Gasteiger charge is 2.70. The van der Waals surface area contributed by atoms with E-state index in [0.717, 1.165) is 57.9 Å². The summed E-state index contributed by atoms with van der Waals surface area (Å²) in [4.78, 5) is 39.5. The fourth-order valence-electron chi connectivity index (χ4n) is 12.2. The SMILES string of the molecule is CO[C@]12C[C@@H](C)CN(C(C)=O)[C@@H]1[C@@H](C)[C@H]1[C@@H](C[C@H]3[C@@H]4[C@@H](OC(C)=O)C[C@H]5C[C@@H](NC(C)=O)CC[C@]5(C)[C@H]4CC[C@]13C)O2. The van der Waals surface area contributed by atoms with Crippen molar-refractivity contribution in [1.29, 1.82) is 0 Å². The lowest BCUT2D eigenvalue weighted by Crippen LogP contribution is -2.70. The molecular weight excluding hydrogens is 532 g/mol. The Hall–Kier alpha value is -1.67. The summed E-state index contributed by atoms with van der Waals surface area (Å²) in [5, 5.41) is 3.19. The van der Waals surface area contributed by atoms with E-state index in [2.05, 4.69) is 33.0 Å². The van der Waals surface area contributed by atoms with Crippen molar-refractivity contribution in [2.75, 3.05) is 13.7 Å². The minimum atomic E-state index is -0.784. The summed E-state index contributed by atoms with van der Waals surface area (Å²) in [6.07, 6.45) is 7.87. The Labute approximate surface area is 252 Å². The molecule has 4 aliphatic carbocycles. The highest BCUT2D eigenvalue weighted by atomic mass is 16.7. The van der Waals surface area contributed by atoms with Crippen LogP contribution in [0.4, 0.5) is 0 Å². The number of piperidine rings is 1. The molecule has 14 atom stereocenters. The number of likely N-dealkylation sites (tertiary alicyclic amines) is 1. The van der Waals surface area contributed by atoms with Gasteiger partial charge in [-0.25, -0.2) is 0 Å². The third-order valence-corrected chi connectivity index (χ3v) is 13.6. The number of nitrogens with one attached hydrogen (secondary N) is 1. The van der Waals surface area contributed by atoms with E-state index >= 15 is 0 Å². The third-order valence-electron chi connectivity index (χ3n) is 13.6. The molecule has 6 rings (SSSR count). The summed E-state index contributed by atoms with van der Waals surface area (Å²) < 4.78 is 19.7. The van der Waals surface area contributed by atoms with Crippen LogP contribution < -0.4 is 5.32 Å². The summed E-state index contributed by atoms with van der Waals surface area (Å²) in [7, 11) is 1.76. The Balaban J connectivity index is 1.35. The molecule has 2 heterocycles. The molecule has 0 unspecified atom stereocenters. The van der Waals surface area contributed by atoms with E-state index < -0.39 is 5.79 Å². The maximum absolute atomic E-state index is 13.0. The zero-order valence-electron chi connectivity index (χ0n) is 27.1. The monoisotopic (exact) mass is 586 g/mol. The smallest absolute Gasteiger partial charge is 0.302 e. The number of methoxy groups -OCH3 is 1. The number of carbonyl (C=O) groups is 3. The van der Waals surface area contributed by atoms with Crippen LogP contribution in [0.3, 0.4) is 0 Å². The normalized spacial score (nSPS) is 51.2. The van der Waals surface area contributed by atoms with Gasteiger partial charge < -0.3 is 24.4 Å². The van der Waals surface area contributed by atoms with Gasteiger partial charge in [-0.3, -0.25) is 14.4 Å². The molecule has 236 valence electrons. The van der Waals surface area contributed by atoms with Crippen molar-refractivity contribution in [3.8, 4) is 0 Å². The van der Waals surface area contributed by atoms with Gasteiger partial charge in [0.1, 0.15) is 6.10 Å². The number of hydrogen-bond acceptors (Lipinski definition) is 6. The van der Waals surface area contributed by atoms with Crippen LogP contribution in [0.25, 0.3) is 0 Å². The van der Waals surface area contributed by atoms with Crippen molar-refractivity contribution in [3.63, 3.8) is 0 Å². The maximum Gasteiger partial charge on any atom is 0.302 e. The average Bonchev–Trinajstić information content (AvgIpc) is 3.20. The van der Waals surface area contributed by atoms with Crippen LogP contribution >= 0.6 is 0 Å². The van der Waals surface area contributed by atoms with Gasteiger partial charge in [0, 0.05) is 52.8 Å². The average molecular weight is 587 g/mol.